The Kier molecular flexibility index (Phi) is 8.09. The number of esters is 1. The van der Waals surface area contributed by atoms with Gasteiger partial charge in [-0.25, -0.2) is 23.9 Å². The van der Waals surface area contributed by atoms with Crippen LogP contribution in [0, 0.1) is 5.82 Å². The third kappa shape index (κ3) is 5.89. The molecule has 1 saturated heterocycles. The number of pyridine rings is 1. The predicted molar refractivity (Wildman–Crippen MR) is 162 cm³/mol. The van der Waals surface area contributed by atoms with Crippen molar-refractivity contribution in [3.05, 3.63) is 59.0 Å². The molecule has 12 heteroatoms. The number of fused-ring (bicyclic) bond motifs is 1. The monoisotopic (exact) mass is 594 g/mol. The Morgan fingerprint density at radius 2 is 1.74 bits per heavy atom. The van der Waals surface area contributed by atoms with Gasteiger partial charge in [0.15, 0.2) is 5.13 Å². The lowest BCUT2D eigenvalue weighted by Gasteiger charge is -2.36. The van der Waals surface area contributed by atoms with Crippen LogP contribution in [0.4, 0.5) is 25.8 Å². The minimum atomic E-state index is -0.533. The van der Waals surface area contributed by atoms with Crippen LogP contribution in [0.15, 0.2) is 42.6 Å². The Morgan fingerprint density at radius 3 is 2.36 bits per heavy atom. The van der Waals surface area contributed by atoms with Crippen LogP contribution in [0.5, 0.6) is 0 Å². The van der Waals surface area contributed by atoms with Crippen LogP contribution in [-0.2, 0) is 15.9 Å². The van der Waals surface area contributed by atoms with Gasteiger partial charge in [0.05, 0.1) is 24.2 Å². The molecule has 222 valence electrons. The zero-order valence-corrected chi connectivity index (χ0v) is 25.5. The largest absolute Gasteiger partial charge is 0.465 e. The summed E-state index contributed by atoms with van der Waals surface area (Å²) in [6, 6.07) is 9.90. The van der Waals surface area contributed by atoms with Gasteiger partial charge in [0, 0.05) is 45.0 Å². The Morgan fingerprint density at radius 1 is 1.05 bits per heavy atom. The lowest BCUT2D eigenvalue weighted by molar-refractivity contribution is 0.0240. The molecule has 0 radical (unpaired) electrons. The quantitative estimate of drug-likeness (QED) is 0.260. The number of thiazole rings is 1. The van der Waals surface area contributed by atoms with Crippen molar-refractivity contribution >= 4 is 45.7 Å². The normalized spacial score (nSPS) is 13.9. The van der Waals surface area contributed by atoms with E-state index >= 15 is 0 Å². The molecule has 1 fully saturated rings. The van der Waals surface area contributed by atoms with E-state index < -0.39 is 11.6 Å². The minimum Gasteiger partial charge on any atom is -0.465 e. The van der Waals surface area contributed by atoms with Crippen molar-refractivity contribution in [3.8, 4) is 11.3 Å². The Labute approximate surface area is 248 Å². The fourth-order valence-electron chi connectivity index (χ4n) is 4.90. The van der Waals surface area contributed by atoms with Crippen LogP contribution in [0.25, 0.3) is 16.9 Å². The Balaban J connectivity index is 1.46. The second-order valence-corrected chi connectivity index (χ2v) is 12.0. The lowest BCUT2D eigenvalue weighted by Crippen LogP contribution is -2.50. The summed E-state index contributed by atoms with van der Waals surface area (Å²) in [5, 5.41) is 0.572. The fourth-order valence-corrected chi connectivity index (χ4v) is 5.87. The first kappa shape index (κ1) is 29.3. The molecule has 0 spiro atoms. The number of imidazole rings is 1. The number of amides is 1. The van der Waals surface area contributed by atoms with E-state index in [4.69, 9.17) is 19.4 Å². The fraction of sp³-hybridized carbons (Fsp3) is 0.400. The number of nitrogens with zero attached hydrogens (tertiary/aromatic N) is 6. The summed E-state index contributed by atoms with van der Waals surface area (Å²) in [6.07, 6.45) is 2.44. The SMILES string of the molecule is CCc1nc2ccc(N3CCN(C(=O)OC(C)(C)C)CC3)cn2c1N(C)c1nc(-c2ccc(F)cc2)c(C(=O)OC)s1. The van der Waals surface area contributed by atoms with E-state index in [1.54, 1.807) is 17.0 Å². The summed E-state index contributed by atoms with van der Waals surface area (Å²) in [5.41, 5.74) is 3.19. The number of aryl methyl sites for hydroxylation is 1. The molecule has 1 aliphatic rings. The number of methoxy groups -OCH3 is 1. The number of carbonyl (C=O) groups excluding carboxylic acids is 2. The Bertz CT molecular complexity index is 1600. The van der Waals surface area contributed by atoms with E-state index in [-0.39, 0.29) is 11.9 Å². The molecular formula is C30H35FN6O4S. The summed E-state index contributed by atoms with van der Waals surface area (Å²) in [4.78, 5) is 41.1. The number of ether oxygens (including phenoxy) is 2. The maximum atomic E-state index is 13.6. The number of halogens is 1. The predicted octanol–water partition coefficient (Wildman–Crippen LogP) is 5.77. The van der Waals surface area contributed by atoms with E-state index in [0.29, 0.717) is 53.9 Å². The van der Waals surface area contributed by atoms with Crippen LogP contribution in [0.3, 0.4) is 0 Å². The van der Waals surface area contributed by atoms with Crippen LogP contribution >= 0.6 is 11.3 Å². The molecule has 0 N–H and O–H groups in total. The van der Waals surface area contributed by atoms with Gasteiger partial charge in [-0.2, -0.15) is 0 Å². The summed E-state index contributed by atoms with van der Waals surface area (Å²) in [5.74, 6) is -0.0444. The molecule has 0 saturated carbocycles. The second-order valence-electron chi connectivity index (χ2n) is 11.0. The van der Waals surface area contributed by atoms with Crippen molar-refractivity contribution in [1.82, 2.24) is 19.3 Å². The van der Waals surface area contributed by atoms with Crippen molar-refractivity contribution in [2.24, 2.45) is 0 Å². The molecule has 1 amide bonds. The molecule has 1 aromatic carbocycles. The number of anilines is 3. The van der Waals surface area contributed by atoms with Crippen molar-refractivity contribution in [2.45, 2.75) is 39.7 Å². The number of aromatic nitrogens is 3. The first-order chi connectivity index (χ1) is 20.0. The number of piperazine rings is 1. The van der Waals surface area contributed by atoms with Crippen molar-refractivity contribution in [1.29, 1.82) is 0 Å². The van der Waals surface area contributed by atoms with E-state index in [1.165, 1.54) is 30.6 Å². The van der Waals surface area contributed by atoms with Crippen LogP contribution in [-0.4, -0.2) is 77.3 Å². The highest BCUT2D eigenvalue weighted by Crippen LogP contribution is 2.38. The zero-order chi connectivity index (χ0) is 30.2. The van der Waals surface area contributed by atoms with Gasteiger partial charge in [0.25, 0.3) is 0 Å². The number of carbonyl (C=O) groups is 2. The molecule has 0 unspecified atom stereocenters. The number of hydrogen-bond donors (Lipinski definition) is 0. The molecule has 42 heavy (non-hydrogen) atoms. The summed E-state index contributed by atoms with van der Waals surface area (Å²) in [6.45, 7) is 10.1. The van der Waals surface area contributed by atoms with Crippen molar-refractivity contribution < 1.29 is 23.5 Å². The molecule has 0 aliphatic carbocycles. The van der Waals surface area contributed by atoms with Crippen LogP contribution in [0.2, 0.25) is 0 Å². The molecule has 4 aromatic rings. The van der Waals surface area contributed by atoms with Gasteiger partial charge in [-0.15, -0.1) is 0 Å². The highest BCUT2D eigenvalue weighted by Gasteiger charge is 2.28. The lowest BCUT2D eigenvalue weighted by atomic mass is 10.1. The van der Waals surface area contributed by atoms with Crippen molar-refractivity contribution in [2.75, 3.05) is 50.1 Å². The van der Waals surface area contributed by atoms with E-state index in [9.17, 15) is 14.0 Å². The number of hydrogen-bond acceptors (Lipinski definition) is 9. The highest BCUT2D eigenvalue weighted by atomic mass is 32.1. The van der Waals surface area contributed by atoms with E-state index in [2.05, 4.69) is 4.90 Å². The third-order valence-electron chi connectivity index (χ3n) is 6.99. The summed E-state index contributed by atoms with van der Waals surface area (Å²) < 4.78 is 26.2. The van der Waals surface area contributed by atoms with Crippen LogP contribution < -0.4 is 9.80 Å². The smallest absolute Gasteiger partial charge is 0.410 e. The topological polar surface area (TPSA) is 92.5 Å². The first-order valence-corrected chi connectivity index (χ1v) is 14.6. The molecule has 5 rings (SSSR count). The maximum absolute atomic E-state index is 13.6. The average molecular weight is 595 g/mol. The molecule has 0 atom stereocenters. The van der Waals surface area contributed by atoms with E-state index in [0.717, 1.165) is 22.8 Å². The highest BCUT2D eigenvalue weighted by molar-refractivity contribution is 7.18. The van der Waals surface area contributed by atoms with Gasteiger partial charge >= 0.3 is 12.1 Å². The Hall–Kier alpha value is -4.19. The molecule has 4 heterocycles. The van der Waals surface area contributed by atoms with Gasteiger partial charge < -0.3 is 24.2 Å². The van der Waals surface area contributed by atoms with Crippen molar-refractivity contribution in [3.63, 3.8) is 0 Å². The molecule has 10 nitrogen and oxygen atoms in total. The summed E-state index contributed by atoms with van der Waals surface area (Å²) >= 11 is 1.21. The second kappa shape index (κ2) is 11.6. The van der Waals surface area contributed by atoms with Gasteiger partial charge in [-0.05, 0) is 63.6 Å². The zero-order valence-electron chi connectivity index (χ0n) is 24.7. The first-order valence-electron chi connectivity index (χ1n) is 13.8. The molecule has 1 aliphatic heterocycles. The van der Waals surface area contributed by atoms with Gasteiger partial charge in [-0.1, -0.05) is 18.3 Å². The number of rotatable bonds is 6. The molecular weight excluding hydrogens is 559 g/mol. The van der Waals surface area contributed by atoms with Gasteiger partial charge in [-0.3, -0.25) is 4.40 Å². The minimum absolute atomic E-state index is 0.293. The van der Waals surface area contributed by atoms with Crippen LogP contribution in [0.1, 0.15) is 43.1 Å². The molecule has 0 bridgehead atoms. The molecule has 3 aromatic heterocycles. The maximum Gasteiger partial charge on any atom is 0.410 e. The average Bonchev–Trinajstić information content (AvgIpc) is 3.58. The summed E-state index contributed by atoms with van der Waals surface area (Å²) in [7, 11) is 3.22. The standard InChI is InChI=1S/C30H35FN6O4S/c1-7-22-26(34(5)28-33-24(25(42-28)27(38)40-6)19-8-10-20(31)11-9-19)37-18-21(12-13-23(37)32-22)35-14-16-36(17-15-35)29(39)41-30(2,3)4/h8-13,18H,7,14-17H2,1-6H3. The number of benzene rings is 1. The van der Waals surface area contributed by atoms with Gasteiger partial charge in [0.1, 0.15) is 27.8 Å². The van der Waals surface area contributed by atoms with E-state index in [1.807, 2.05) is 62.4 Å². The van der Waals surface area contributed by atoms with Gasteiger partial charge in [0.2, 0.25) is 0 Å². The third-order valence-corrected chi connectivity index (χ3v) is 8.10.